The molecule has 0 spiro atoms. The van der Waals surface area contributed by atoms with Crippen molar-refractivity contribution in [3.05, 3.63) is 12.0 Å². The minimum atomic E-state index is -0.376. The average Bonchev–Trinajstić information content (AvgIpc) is 2.44. The number of hydrogen-bond acceptors (Lipinski definition) is 4. The van der Waals surface area contributed by atoms with Crippen LogP contribution in [0, 0.1) is 11.7 Å². The van der Waals surface area contributed by atoms with Gasteiger partial charge in [0.25, 0.3) is 0 Å². The maximum atomic E-state index is 13.7. The quantitative estimate of drug-likeness (QED) is 0.857. The molecule has 19 heavy (non-hydrogen) atoms. The molecule has 2 N–H and O–H groups in total. The Morgan fingerprint density at radius 2 is 2.00 bits per heavy atom. The van der Waals surface area contributed by atoms with Crippen LogP contribution in [-0.2, 0) is 0 Å². The second-order valence-corrected chi connectivity index (χ2v) is 5.19. The number of nitrogens with one attached hydrogen (secondary N) is 2. The maximum absolute atomic E-state index is 13.7. The zero-order chi connectivity index (χ0) is 13.7. The first kappa shape index (κ1) is 14.0. The number of hydrogen-bond donors (Lipinski definition) is 2. The molecule has 1 aliphatic carbocycles. The van der Waals surface area contributed by atoms with Crippen LogP contribution in [0.15, 0.2) is 6.20 Å². The van der Waals surface area contributed by atoms with Gasteiger partial charge in [-0.15, -0.1) is 0 Å². The molecule has 2 rings (SSSR count). The van der Waals surface area contributed by atoms with E-state index in [4.69, 9.17) is 0 Å². The molecule has 1 aromatic rings. The van der Waals surface area contributed by atoms with Crippen LogP contribution < -0.4 is 10.6 Å². The van der Waals surface area contributed by atoms with Gasteiger partial charge in [-0.2, -0.15) is 4.98 Å². The van der Waals surface area contributed by atoms with Crippen molar-refractivity contribution >= 4 is 11.8 Å². The van der Waals surface area contributed by atoms with Crippen molar-refractivity contribution in [3.63, 3.8) is 0 Å². The summed E-state index contributed by atoms with van der Waals surface area (Å²) in [5, 5.41) is 6.23. The van der Waals surface area contributed by atoms with Crippen LogP contribution >= 0.6 is 0 Å². The lowest BCUT2D eigenvalue weighted by Crippen LogP contribution is -2.27. The molecule has 106 valence electrons. The molecule has 1 fully saturated rings. The molecule has 0 aromatic carbocycles. The minimum Gasteiger partial charge on any atom is -0.365 e. The summed E-state index contributed by atoms with van der Waals surface area (Å²) < 4.78 is 13.7. The van der Waals surface area contributed by atoms with Crippen molar-refractivity contribution in [1.29, 1.82) is 0 Å². The Kier molecular flexibility index (Phi) is 4.93. The predicted octanol–water partition coefficient (Wildman–Crippen LogP) is 3.43. The molecular formula is C14H23FN4. The van der Waals surface area contributed by atoms with Crippen molar-refractivity contribution < 1.29 is 4.39 Å². The van der Waals surface area contributed by atoms with E-state index in [1.807, 2.05) is 6.92 Å². The Bertz CT molecular complexity index is 402. The smallest absolute Gasteiger partial charge is 0.224 e. The lowest BCUT2D eigenvalue weighted by molar-refractivity contribution is 0.329. The number of rotatable bonds is 5. The van der Waals surface area contributed by atoms with Crippen molar-refractivity contribution in [2.75, 3.05) is 17.2 Å². The van der Waals surface area contributed by atoms with Gasteiger partial charge in [0.1, 0.15) is 0 Å². The first-order valence-corrected chi connectivity index (χ1v) is 7.25. The first-order chi connectivity index (χ1) is 9.22. The van der Waals surface area contributed by atoms with Gasteiger partial charge in [-0.25, -0.2) is 9.37 Å². The average molecular weight is 266 g/mol. The van der Waals surface area contributed by atoms with Crippen LogP contribution in [0.4, 0.5) is 16.2 Å². The zero-order valence-electron chi connectivity index (χ0n) is 11.7. The van der Waals surface area contributed by atoms with E-state index in [2.05, 4.69) is 27.5 Å². The van der Waals surface area contributed by atoms with E-state index in [0.717, 1.165) is 25.3 Å². The Balaban J connectivity index is 1.96. The number of aromatic nitrogens is 2. The van der Waals surface area contributed by atoms with Gasteiger partial charge in [-0.3, -0.25) is 0 Å². The standard InChI is InChI=1S/C14H23FN4/c1-3-10-5-7-11(8-6-10)18-13-12(15)9-17-14(19-13)16-4-2/h9-11H,3-8H2,1-2H3,(H2,16,17,18,19). The fourth-order valence-electron chi connectivity index (χ4n) is 2.62. The fourth-order valence-corrected chi connectivity index (χ4v) is 2.62. The van der Waals surface area contributed by atoms with Gasteiger partial charge in [0.05, 0.1) is 6.20 Å². The summed E-state index contributed by atoms with van der Waals surface area (Å²) in [5.41, 5.74) is 0. The molecule has 0 amide bonds. The summed E-state index contributed by atoms with van der Waals surface area (Å²) in [6.07, 6.45) is 7.11. The number of anilines is 2. The molecule has 0 aliphatic heterocycles. The Morgan fingerprint density at radius 3 is 2.63 bits per heavy atom. The topological polar surface area (TPSA) is 49.8 Å². The van der Waals surface area contributed by atoms with Crippen molar-refractivity contribution in [2.45, 2.75) is 52.0 Å². The molecule has 1 aliphatic rings. The highest BCUT2D eigenvalue weighted by Gasteiger charge is 2.21. The summed E-state index contributed by atoms with van der Waals surface area (Å²) in [6.45, 7) is 4.93. The first-order valence-electron chi connectivity index (χ1n) is 7.25. The van der Waals surface area contributed by atoms with Crippen LogP contribution in [0.2, 0.25) is 0 Å². The molecule has 0 saturated heterocycles. The number of nitrogens with zero attached hydrogens (tertiary/aromatic N) is 2. The third kappa shape index (κ3) is 3.78. The SMILES string of the molecule is CCNc1ncc(F)c(NC2CCC(CC)CC2)n1. The van der Waals surface area contributed by atoms with E-state index in [1.54, 1.807) is 0 Å². The second kappa shape index (κ2) is 6.68. The van der Waals surface area contributed by atoms with Crippen LogP contribution in [-0.4, -0.2) is 22.6 Å². The zero-order valence-corrected chi connectivity index (χ0v) is 11.7. The van der Waals surface area contributed by atoms with Gasteiger partial charge < -0.3 is 10.6 Å². The molecule has 0 bridgehead atoms. The highest BCUT2D eigenvalue weighted by Crippen LogP contribution is 2.28. The summed E-state index contributed by atoms with van der Waals surface area (Å²) >= 11 is 0. The third-order valence-electron chi connectivity index (χ3n) is 3.84. The number of halogens is 1. The van der Waals surface area contributed by atoms with Crippen molar-refractivity contribution in [2.24, 2.45) is 5.92 Å². The largest absolute Gasteiger partial charge is 0.365 e. The Morgan fingerprint density at radius 1 is 1.26 bits per heavy atom. The molecule has 1 saturated carbocycles. The van der Waals surface area contributed by atoms with E-state index in [9.17, 15) is 4.39 Å². The third-order valence-corrected chi connectivity index (χ3v) is 3.84. The molecule has 0 unspecified atom stereocenters. The van der Waals surface area contributed by atoms with E-state index in [-0.39, 0.29) is 5.82 Å². The van der Waals surface area contributed by atoms with Crippen LogP contribution in [0.5, 0.6) is 0 Å². The lowest BCUT2D eigenvalue weighted by Gasteiger charge is -2.28. The maximum Gasteiger partial charge on any atom is 0.224 e. The summed E-state index contributed by atoms with van der Waals surface area (Å²) in [5.74, 6) is 1.27. The van der Waals surface area contributed by atoms with E-state index in [0.29, 0.717) is 17.8 Å². The molecule has 1 aromatic heterocycles. The van der Waals surface area contributed by atoms with Gasteiger partial charge in [0.2, 0.25) is 5.95 Å². The molecule has 0 radical (unpaired) electrons. The van der Waals surface area contributed by atoms with Crippen molar-refractivity contribution in [1.82, 2.24) is 9.97 Å². The monoisotopic (exact) mass is 266 g/mol. The predicted molar refractivity (Wildman–Crippen MR) is 75.8 cm³/mol. The Labute approximate surface area is 114 Å². The minimum absolute atomic E-state index is 0.325. The Hall–Kier alpha value is -1.39. The van der Waals surface area contributed by atoms with Crippen LogP contribution in [0.1, 0.15) is 46.0 Å². The van der Waals surface area contributed by atoms with E-state index < -0.39 is 0 Å². The van der Waals surface area contributed by atoms with Crippen molar-refractivity contribution in [3.8, 4) is 0 Å². The normalized spacial score (nSPS) is 23.1. The van der Waals surface area contributed by atoms with Crippen LogP contribution in [0.25, 0.3) is 0 Å². The van der Waals surface area contributed by atoms with Gasteiger partial charge in [0.15, 0.2) is 11.6 Å². The summed E-state index contributed by atoms with van der Waals surface area (Å²) in [7, 11) is 0. The molecule has 5 heteroatoms. The van der Waals surface area contributed by atoms with Gasteiger partial charge in [-0.1, -0.05) is 13.3 Å². The highest BCUT2D eigenvalue weighted by atomic mass is 19.1. The fraction of sp³-hybridized carbons (Fsp3) is 0.714. The summed E-state index contributed by atoms with van der Waals surface area (Å²) in [4.78, 5) is 8.10. The molecule has 1 heterocycles. The molecular weight excluding hydrogens is 243 g/mol. The van der Waals surface area contributed by atoms with E-state index >= 15 is 0 Å². The van der Waals surface area contributed by atoms with Gasteiger partial charge in [-0.05, 0) is 38.5 Å². The van der Waals surface area contributed by atoms with Gasteiger partial charge in [0, 0.05) is 12.6 Å². The van der Waals surface area contributed by atoms with E-state index in [1.165, 1.54) is 25.5 Å². The van der Waals surface area contributed by atoms with Gasteiger partial charge >= 0.3 is 0 Å². The lowest BCUT2D eigenvalue weighted by atomic mass is 9.84. The second-order valence-electron chi connectivity index (χ2n) is 5.19. The summed E-state index contributed by atoms with van der Waals surface area (Å²) in [6, 6.07) is 0.335. The molecule has 4 nitrogen and oxygen atoms in total. The van der Waals surface area contributed by atoms with Crippen LogP contribution in [0.3, 0.4) is 0 Å². The highest BCUT2D eigenvalue weighted by molar-refractivity contribution is 5.41. The molecule has 0 atom stereocenters.